The molecule has 1 rings (SSSR count). The largest absolute Gasteiger partial charge is 0.383 e. The molecule has 0 fully saturated rings. The molecule has 90 valence electrons. The molecular weight excluding hydrogens is 315 g/mol. The third-order valence-corrected chi connectivity index (χ3v) is 2.99. The fourth-order valence-corrected chi connectivity index (χ4v) is 2.12. The van der Waals surface area contributed by atoms with Gasteiger partial charge < -0.3 is 15.8 Å². The second-order valence-corrected chi connectivity index (χ2v) is 4.98. The maximum atomic E-state index is 5.52. The van der Waals surface area contributed by atoms with E-state index in [1.54, 1.807) is 7.11 Å². The molecule has 0 aliphatic heterocycles. The fraction of sp³-hybridized carbons (Fsp3) is 0.500. The smallest absolute Gasteiger partial charge is 0.0664 e. The summed E-state index contributed by atoms with van der Waals surface area (Å²) in [6.07, 6.45) is 2.06. The Hall–Kier alpha value is -0.330. The van der Waals surface area contributed by atoms with Crippen LogP contribution < -0.4 is 11.1 Å². The Kier molecular flexibility index (Phi) is 6.75. The third kappa shape index (κ3) is 5.14. The van der Waals surface area contributed by atoms with Crippen LogP contribution in [0, 0.1) is 3.57 Å². The van der Waals surface area contributed by atoms with Crippen molar-refractivity contribution in [2.75, 3.05) is 25.6 Å². The number of hydrogen-bond acceptors (Lipinski definition) is 3. The molecular formula is C12H19IN2O. The molecule has 0 aromatic heterocycles. The van der Waals surface area contributed by atoms with Gasteiger partial charge in [-0.3, -0.25) is 0 Å². The van der Waals surface area contributed by atoms with Crippen molar-refractivity contribution in [3.05, 3.63) is 27.8 Å². The number of benzene rings is 1. The summed E-state index contributed by atoms with van der Waals surface area (Å²) in [4.78, 5) is 0. The number of hydrogen-bond donors (Lipinski definition) is 2. The Morgan fingerprint density at radius 1 is 1.50 bits per heavy atom. The minimum atomic E-state index is 0.340. The monoisotopic (exact) mass is 334 g/mol. The zero-order valence-corrected chi connectivity index (χ0v) is 11.7. The van der Waals surface area contributed by atoms with Crippen LogP contribution in [0.3, 0.4) is 0 Å². The van der Waals surface area contributed by atoms with Crippen molar-refractivity contribution < 1.29 is 4.74 Å². The third-order valence-electron chi connectivity index (χ3n) is 2.32. The van der Waals surface area contributed by atoms with Crippen LogP contribution in [0.4, 0.5) is 5.69 Å². The second-order valence-electron chi connectivity index (χ2n) is 3.74. The first kappa shape index (κ1) is 13.7. The Labute approximate surface area is 111 Å². The van der Waals surface area contributed by atoms with Crippen LogP contribution in [-0.4, -0.2) is 26.3 Å². The van der Waals surface area contributed by atoms with Crippen LogP contribution in [0.1, 0.15) is 12.8 Å². The highest BCUT2D eigenvalue weighted by Gasteiger charge is 2.07. The van der Waals surface area contributed by atoms with Gasteiger partial charge in [0.15, 0.2) is 0 Å². The number of rotatable bonds is 7. The van der Waals surface area contributed by atoms with Crippen LogP contribution in [-0.2, 0) is 4.74 Å². The van der Waals surface area contributed by atoms with Crippen molar-refractivity contribution in [2.45, 2.75) is 18.9 Å². The van der Waals surface area contributed by atoms with E-state index < -0.39 is 0 Å². The maximum Gasteiger partial charge on any atom is 0.0664 e. The lowest BCUT2D eigenvalue weighted by atomic mass is 10.1. The topological polar surface area (TPSA) is 47.3 Å². The van der Waals surface area contributed by atoms with E-state index in [4.69, 9.17) is 10.5 Å². The molecule has 0 radical (unpaired) electrons. The van der Waals surface area contributed by atoms with Crippen molar-refractivity contribution in [1.82, 2.24) is 0 Å². The van der Waals surface area contributed by atoms with Gasteiger partial charge in [-0.2, -0.15) is 0 Å². The molecule has 1 aromatic carbocycles. The zero-order valence-electron chi connectivity index (χ0n) is 9.58. The molecule has 4 heteroatoms. The van der Waals surface area contributed by atoms with Gasteiger partial charge >= 0.3 is 0 Å². The van der Waals surface area contributed by atoms with Crippen molar-refractivity contribution in [3.63, 3.8) is 0 Å². The highest BCUT2D eigenvalue weighted by atomic mass is 127. The lowest BCUT2D eigenvalue weighted by Gasteiger charge is -2.19. The minimum Gasteiger partial charge on any atom is -0.383 e. The molecule has 0 bridgehead atoms. The van der Waals surface area contributed by atoms with Gasteiger partial charge in [0.25, 0.3) is 0 Å². The summed E-state index contributed by atoms with van der Waals surface area (Å²) in [6.45, 7) is 1.44. The van der Waals surface area contributed by atoms with E-state index in [0.717, 1.165) is 25.1 Å². The van der Waals surface area contributed by atoms with Gasteiger partial charge in [0.05, 0.1) is 6.61 Å². The summed E-state index contributed by atoms with van der Waals surface area (Å²) >= 11 is 2.31. The predicted molar refractivity (Wildman–Crippen MR) is 76.7 cm³/mol. The van der Waals surface area contributed by atoms with Crippen molar-refractivity contribution in [2.24, 2.45) is 5.73 Å². The summed E-state index contributed by atoms with van der Waals surface area (Å²) in [5.74, 6) is 0. The molecule has 0 heterocycles. The lowest BCUT2D eigenvalue weighted by molar-refractivity contribution is 0.182. The predicted octanol–water partition coefficient (Wildman–Crippen LogP) is 2.46. The van der Waals surface area contributed by atoms with Gasteiger partial charge in [-0.15, -0.1) is 0 Å². The van der Waals surface area contributed by atoms with E-state index in [-0.39, 0.29) is 0 Å². The Morgan fingerprint density at radius 3 is 2.94 bits per heavy atom. The first-order valence-electron chi connectivity index (χ1n) is 5.47. The van der Waals surface area contributed by atoms with Crippen LogP contribution >= 0.6 is 22.6 Å². The zero-order chi connectivity index (χ0) is 11.8. The summed E-state index contributed by atoms with van der Waals surface area (Å²) in [5, 5.41) is 3.47. The van der Waals surface area contributed by atoms with E-state index in [2.05, 4.69) is 52.2 Å². The summed E-state index contributed by atoms with van der Waals surface area (Å²) < 4.78 is 6.43. The van der Waals surface area contributed by atoms with Crippen LogP contribution in [0.2, 0.25) is 0 Å². The summed E-state index contributed by atoms with van der Waals surface area (Å²) in [6, 6.07) is 8.68. The average Bonchev–Trinajstić information content (AvgIpc) is 2.26. The number of nitrogens with one attached hydrogen (secondary N) is 1. The molecule has 0 aliphatic carbocycles. The fourth-order valence-electron chi connectivity index (χ4n) is 1.58. The molecule has 1 aromatic rings. The molecule has 0 spiro atoms. The summed E-state index contributed by atoms with van der Waals surface area (Å²) in [7, 11) is 1.73. The Bertz CT molecular complexity index is 307. The first-order chi connectivity index (χ1) is 7.76. The average molecular weight is 334 g/mol. The molecule has 1 unspecified atom stereocenters. The van der Waals surface area contributed by atoms with Crippen LogP contribution in [0.25, 0.3) is 0 Å². The number of nitrogens with two attached hydrogens (primary N) is 1. The number of anilines is 1. The van der Waals surface area contributed by atoms with Crippen molar-refractivity contribution >= 4 is 28.3 Å². The number of halogens is 1. The lowest BCUT2D eigenvalue weighted by Crippen LogP contribution is -2.25. The molecule has 1 atom stereocenters. The minimum absolute atomic E-state index is 0.340. The van der Waals surface area contributed by atoms with E-state index in [1.165, 1.54) is 3.57 Å². The molecule has 3 nitrogen and oxygen atoms in total. The Morgan fingerprint density at radius 2 is 2.31 bits per heavy atom. The number of methoxy groups -OCH3 is 1. The van der Waals surface area contributed by atoms with Gasteiger partial charge in [-0.1, -0.05) is 6.07 Å². The standard InChI is InChI=1S/C12H19IN2O/c1-16-9-12(6-3-7-14)15-11-5-2-4-10(13)8-11/h2,4-5,8,12,15H,3,6-7,9,14H2,1H3. The first-order valence-corrected chi connectivity index (χ1v) is 6.55. The molecule has 0 aliphatic rings. The van der Waals surface area contributed by atoms with E-state index in [1.807, 2.05) is 0 Å². The van der Waals surface area contributed by atoms with E-state index in [9.17, 15) is 0 Å². The normalized spacial score (nSPS) is 12.4. The van der Waals surface area contributed by atoms with Crippen molar-refractivity contribution in [1.29, 1.82) is 0 Å². The van der Waals surface area contributed by atoms with Gasteiger partial charge in [-0.25, -0.2) is 0 Å². The maximum absolute atomic E-state index is 5.52. The van der Waals surface area contributed by atoms with Crippen LogP contribution in [0.15, 0.2) is 24.3 Å². The second kappa shape index (κ2) is 7.86. The summed E-state index contributed by atoms with van der Waals surface area (Å²) in [5.41, 5.74) is 6.67. The molecule has 16 heavy (non-hydrogen) atoms. The van der Waals surface area contributed by atoms with Gasteiger partial charge in [0.1, 0.15) is 0 Å². The van der Waals surface area contributed by atoms with Gasteiger partial charge in [0.2, 0.25) is 0 Å². The highest BCUT2D eigenvalue weighted by molar-refractivity contribution is 14.1. The Balaban J connectivity index is 2.52. The quantitative estimate of drug-likeness (QED) is 0.753. The number of ether oxygens (including phenoxy) is 1. The molecule has 0 amide bonds. The van der Waals surface area contributed by atoms with Crippen molar-refractivity contribution in [3.8, 4) is 0 Å². The SMILES string of the molecule is COCC(CCCN)Nc1cccc(I)c1. The molecule has 0 saturated heterocycles. The molecule has 3 N–H and O–H groups in total. The van der Waals surface area contributed by atoms with E-state index in [0.29, 0.717) is 12.6 Å². The van der Waals surface area contributed by atoms with Gasteiger partial charge in [0, 0.05) is 22.4 Å². The van der Waals surface area contributed by atoms with Crippen LogP contribution in [0.5, 0.6) is 0 Å². The molecule has 0 saturated carbocycles. The van der Waals surface area contributed by atoms with Gasteiger partial charge in [-0.05, 0) is 60.2 Å². The highest BCUT2D eigenvalue weighted by Crippen LogP contribution is 2.14. The van der Waals surface area contributed by atoms with E-state index >= 15 is 0 Å².